The molecule has 0 radical (unpaired) electrons. The van der Waals surface area contributed by atoms with E-state index in [0.717, 1.165) is 10.2 Å². The molecule has 0 aliphatic carbocycles. The van der Waals surface area contributed by atoms with Crippen molar-refractivity contribution in [1.29, 1.82) is 0 Å². The summed E-state index contributed by atoms with van der Waals surface area (Å²) in [5, 5.41) is 6.22. The summed E-state index contributed by atoms with van der Waals surface area (Å²) in [6, 6.07) is 13.8. The van der Waals surface area contributed by atoms with E-state index in [-0.39, 0.29) is 5.02 Å². The molecule has 0 saturated carbocycles. The van der Waals surface area contributed by atoms with E-state index in [9.17, 15) is 4.39 Å². The maximum Gasteiger partial charge on any atom is 0.229 e. The van der Waals surface area contributed by atoms with Crippen LogP contribution in [0.25, 0.3) is 0 Å². The van der Waals surface area contributed by atoms with Crippen molar-refractivity contribution in [2.75, 3.05) is 10.6 Å². The Morgan fingerprint density at radius 3 is 2.65 bits per heavy atom. The second kappa shape index (κ2) is 6.93. The Hall–Kier alpha value is -2.18. The zero-order chi connectivity index (χ0) is 16.2. The molecular formula is C16H11BrClFN4. The van der Waals surface area contributed by atoms with Crippen molar-refractivity contribution < 1.29 is 4.39 Å². The Morgan fingerprint density at radius 1 is 1.04 bits per heavy atom. The van der Waals surface area contributed by atoms with Crippen molar-refractivity contribution >= 4 is 50.7 Å². The molecule has 0 bridgehead atoms. The molecule has 1 aromatic heterocycles. The van der Waals surface area contributed by atoms with E-state index in [4.69, 9.17) is 11.6 Å². The van der Waals surface area contributed by atoms with Crippen molar-refractivity contribution in [3.8, 4) is 0 Å². The van der Waals surface area contributed by atoms with Gasteiger partial charge in [-0.1, -0.05) is 23.7 Å². The lowest BCUT2D eigenvalue weighted by molar-refractivity contribution is 0.628. The Kier molecular flexibility index (Phi) is 4.73. The summed E-state index contributed by atoms with van der Waals surface area (Å²) >= 11 is 9.23. The molecule has 23 heavy (non-hydrogen) atoms. The molecular weight excluding hydrogens is 383 g/mol. The molecule has 116 valence electrons. The summed E-state index contributed by atoms with van der Waals surface area (Å²) in [6.07, 6.45) is 1.62. The molecule has 0 amide bonds. The van der Waals surface area contributed by atoms with E-state index < -0.39 is 5.82 Å². The van der Waals surface area contributed by atoms with Gasteiger partial charge in [-0.3, -0.25) is 0 Å². The summed E-state index contributed by atoms with van der Waals surface area (Å²) in [5.41, 5.74) is 1.50. The fourth-order valence-corrected chi connectivity index (χ4v) is 2.46. The third-order valence-corrected chi connectivity index (χ3v) is 3.95. The Balaban J connectivity index is 1.79. The third-order valence-electron chi connectivity index (χ3n) is 2.97. The lowest BCUT2D eigenvalue weighted by atomic mass is 10.3. The molecule has 0 saturated heterocycles. The molecule has 0 spiro atoms. The van der Waals surface area contributed by atoms with Gasteiger partial charge in [-0.25, -0.2) is 9.37 Å². The fourth-order valence-electron chi connectivity index (χ4n) is 1.89. The molecule has 4 nitrogen and oxygen atoms in total. The molecule has 7 heteroatoms. The Labute approximate surface area is 145 Å². The molecule has 3 aromatic rings. The van der Waals surface area contributed by atoms with E-state index in [0.29, 0.717) is 17.5 Å². The predicted octanol–water partition coefficient (Wildman–Crippen LogP) is 5.52. The number of hydrogen-bond acceptors (Lipinski definition) is 4. The number of nitrogens with one attached hydrogen (secondary N) is 2. The summed E-state index contributed by atoms with van der Waals surface area (Å²) in [6.45, 7) is 0. The van der Waals surface area contributed by atoms with Crippen LogP contribution in [0, 0.1) is 5.82 Å². The topological polar surface area (TPSA) is 49.8 Å². The monoisotopic (exact) mass is 392 g/mol. The van der Waals surface area contributed by atoms with Crippen LogP contribution in [0.3, 0.4) is 0 Å². The Bertz CT molecular complexity index is 844. The van der Waals surface area contributed by atoms with Gasteiger partial charge in [0, 0.05) is 16.4 Å². The summed E-state index contributed by atoms with van der Waals surface area (Å²) in [4.78, 5) is 8.51. The quantitative estimate of drug-likeness (QED) is 0.613. The SMILES string of the molecule is Fc1ccc(Nc2nccc(Nc3ccccc3Br)n2)cc1Cl. The van der Waals surface area contributed by atoms with Gasteiger partial charge in [0.25, 0.3) is 0 Å². The number of aromatic nitrogens is 2. The number of anilines is 4. The van der Waals surface area contributed by atoms with Gasteiger partial charge in [0.1, 0.15) is 11.6 Å². The zero-order valence-corrected chi connectivity index (χ0v) is 14.1. The second-order valence-corrected chi connectivity index (χ2v) is 5.89. The molecule has 2 aromatic carbocycles. The first kappa shape index (κ1) is 15.7. The predicted molar refractivity (Wildman–Crippen MR) is 94.1 cm³/mol. The van der Waals surface area contributed by atoms with Crippen molar-refractivity contribution in [2.24, 2.45) is 0 Å². The van der Waals surface area contributed by atoms with E-state index in [1.165, 1.54) is 12.1 Å². The Morgan fingerprint density at radius 2 is 1.87 bits per heavy atom. The smallest absolute Gasteiger partial charge is 0.229 e. The van der Waals surface area contributed by atoms with Gasteiger partial charge in [0.05, 0.1) is 10.7 Å². The minimum atomic E-state index is -0.470. The van der Waals surface area contributed by atoms with E-state index in [1.54, 1.807) is 18.3 Å². The first-order chi connectivity index (χ1) is 11.1. The minimum absolute atomic E-state index is 0.0393. The highest BCUT2D eigenvalue weighted by Crippen LogP contribution is 2.25. The molecule has 1 heterocycles. The van der Waals surface area contributed by atoms with E-state index >= 15 is 0 Å². The molecule has 0 unspecified atom stereocenters. The first-order valence-corrected chi connectivity index (χ1v) is 7.85. The molecule has 0 atom stereocenters. The van der Waals surface area contributed by atoms with Crippen molar-refractivity contribution in [3.63, 3.8) is 0 Å². The normalized spacial score (nSPS) is 10.4. The minimum Gasteiger partial charge on any atom is -0.339 e. The zero-order valence-electron chi connectivity index (χ0n) is 11.7. The number of halogens is 3. The van der Waals surface area contributed by atoms with Crippen LogP contribution in [0.15, 0.2) is 59.2 Å². The maximum atomic E-state index is 13.2. The molecule has 0 aliphatic heterocycles. The molecule has 0 fully saturated rings. The van der Waals surface area contributed by atoms with Gasteiger partial charge in [-0.05, 0) is 52.3 Å². The summed E-state index contributed by atoms with van der Waals surface area (Å²) in [7, 11) is 0. The standard InChI is InChI=1S/C16H11BrClFN4/c17-11-3-1-2-4-14(11)22-15-7-8-20-16(23-15)21-10-5-6-13(19)12(18)9-10/h1-9H,(H2,20,21,22,23). The number of hydrogen-bond donors (Lipinski definition) is 2. The van der Waals surface area contributed by atoms with Crippen molar-refractivity contribution in [3.05, 3.63) is 70.0 Å². The lowest BCUT2D eigenvalue weighted by Gasteiger charge is -2.10. The van der Waals surface area contributed by atoms with E-state index in [1.807, 2.05) is 24.3 Å². The van der Waals surface area contributed by atoms with Crippen LogP contribution in [-0.2, 0) is 0 Å². The largest absolute Gasteiger partial charge is 0.339 e. The van der Waals surface area contributed by atoms with Crippen LogP contribution < -0.4 is 10.6 Å². The van der Waals surface area contributed by atoms with Crippen molar-refractivity contribution in [1.82, 2.24) is 9.97 Å². The average molecular weight is 394 g/mol. The molecule has 0 aliphatic rings. The maximum absolute atomic E-state index is 13.2. The van der Waals surface area contributed by atoms with Gasteiger partial charge < -0.3 is 10.6 Å². The van der Waals surface area contributed by atoms with Gasteiger partial charge in [-0.15, -0.1) is 0 Å². The summed E-state index contributed by atoms with van der Waals surface area (Å²) in [5.74, 6) is 0.537. The highest BCUT2D eigenvalue weighted by molar-refractivity contribution is 9.10. The van der Waals surface area contributed by atoms with Crippen LogP contribution >= 0.6 is 27.5 Å². The highest BCUT2D eigenvalue weighted by atomic mass is 79.9. The number of benzene rings is 2. The highest BCUT2D eigenvalue weighted by Gasteiger charge is 2.05. The number of nitrogens with zero attached hydrogens (tertiary/aromatic N) is 2. The third kappa shape index (κ3) is 3.97. The van der Waals surface area contributed by atoms with Crippen LogP contribution in [0.4, 0.5) is 27.5 Å². The molecule has 3 rings (SSSR count). The van der Waals surface area contributed by atoms with Crippen molar-refractivity contribution in [2.45, 2.75) is 0 Å². The van der Waals surface area contributed by atoms with E-state index in [2.05, 4.69) is 36.5 Å². The first-order valence-electron chi connectivity index (χ1n) is 6.68. The number of para-hydroxylation sites is 1. The molecule has 2 N–H and O–H groups in total. The summed E-state index contributed by atoms with van der Waals surface area (Å²) < 4.78 is 14.1. The van der Waals surface area contributed by atoms with Crippen LogP contribution in [0.1, 0.15) is 0 Å². The fraction of sp³-hybridized carbons (Fsp3) is 0. The van der Waals surface area contributed by atoms with Crippen LogP contribution in [-0.4, -0.2) is 9.97 Å². The van der Waals surface area contributed by atoms with Gasteiger partial charge in [0.15, 0.2) is 0 Å². The lowest BCUT2D eigenvalue weighted by Crippen LogP contribution is -2.00. The van der Waals surface area contributed by atoms with Gasteiger partial charge in [0.2, 0.25) is 5.95 Å². The van der Waals surface area contributed by atoms with Gasteiger partial charge >= 0.3 is 0 Å². The average Bonchev–Trinajstić information content (AvgIpc) is 2.54. The second-order valence-electron chi connectivity index (χ2n) is 4.62. The van der Waals surface area contributed by atoms with Crippen LogP contribution in [0.5, 0.6) is 0 Å². The van der Waals surface area contributed by atoms with Crippen LogP contribution in [0.2, 0.25) is 5.02 Å². The van der Waals surface area contributed by atoms with Gasteiger partial charge in [-0.2, -0.15) is 4.98 Å². The number of rotatable bonds is 4.